The minimum absolute atomic E-state index is 0.237. The molecule has 5 rings (SSSR count). The van der Waals surface area contributed by atoms with Gasteiger partial charge in [0.25, 0.3) is 0 Å². The highest BCUT2D eigenvalue weighted by molar-refractivity contribution is 6.01. The van der Waals surface area contributed by atoms with Crippen LogP contribution in [0.3, 0.4) is 0 Å². The zero-order valence-electron chi connectivity index (χ0n) is 15.7. The Kier molecular flexibility index (Phi) is 3.96. The molecule has 6 nitrogen and oxygen atoms in total. The molecule has 2 aliphatic rings. The number of nitrogens with one attached hydrogen (secondary N) is 1. The molecule has 148 valence electrons. The summed E-state index contributed by atoms with van der Waals surface area (Å²) in [6.07, 6.45) is 2.91. The van der Waals surface area contributed by atoms with Gasteiger partial charge in [-0.05, 0) is 54.8 Å². The fourth-order valence-electron chi connectivity index (χ4n) is 4.20. The van der Waals surface area contributed by atoms with Crippen molar-refractivity contribution >= 4 is 28.5 Å². The van der Waals surface area contributed by atoms with Crippen molar-refractivity contribution in [2.75, 3.05) is 5.32 Å². The number of carbonyl (C=O) groups excluding carboxylic acids is 2. The van der Waals surface area contributed by atoms with Crippen molar-refractivity contribution in [1.82, 2.24) is 4.57 Å². The summed E-state index contributed by atoms with van der Waals surface area (Å²) in [4.78, 5) is 24.7. The fourth-order valence-corrected chi connectivity index (χ4v) is 4.20. The molecule has 1 aromatic heterocycles. The van der Waals surface area contributed by atoms with Crippen LogP contribution < -0.4 is 11.1 Å². The molecular formula is C22H20FN3O3. The van der Waals surface area contributed by atoms with Gasteiger partial charge in [0.15, 0.2) is 5.72 Å². The van der Waals surface area contributed by atoms with E-state index in [0.717, 1.165) is 30.2 Å². The van der Waals surface area contributed by atoms with Crippen LogP contribution in [0.5, 0.6) is 0 Å². The molecule has 0 radical (unpaired) electrons. The summed E-state index contributed by atoms with van der Waals surface area (Å²) in [5.74, 6) is -1.01. The number of aromatic nitrogens is 1. The molecule has 29 heavy (non-hydrogen) atoms. The van der Waals surface area contributed by atoms with E-state index in [-0.39, 0.29) is 24.1 Å². The quantitative estimate of drug-likeness (QED) is 0.666. The second-order valence-electron chi connectivity index (χ2n) is 7.76. The number of halogens is 1. The van der Waals surface area contributed by atoms with E-state index >= 15 is 0 Å². The predicted octanol–water partition coefficient (Wildman–Crippen LogP) is 3.30. The molecule has 3 N–H and O–H groups in total. The zero-order valence-corrected chi connectivity index (χ0v) is 15.7. The number of nitrogens with two attached hydrogens (primary N) is 1. The number of benzene rings is 2. The highest BCUT2D eigenvalue weighted by Gasteiger charge is 2.50. The van der Waals surface area contributed by atoms with E-state index in [1.54, 1.807) is 24.3 Å². The smallest absolute Gasteiger partial charge is 0.357 e. The molecule has 1 saturated carbocycles. The normalized spacial score (nSPS) is 17.7. The Hall–Kier alpha value is -3.19. The molecule has 1 amide bonds. The number of carbonyl (C=O) groups is 2. The first kappa shape index (κ1) is 17.9. The molecule has 1 fully saturated rings. The Morgan fingerprint density at radius 2 is 2.07 bits per heavy atom. The van der Waals surface area contributed by atoms with Crippen molar-refractivity contribution in [1.29, 1.82) is 0 Å². The maximum Gasteiger partial charge on any atom is 0.357 e. The van der Waals surface area contributed by atoms with Crippen LogP contribution >= 0.6 is 0 Å². The molecular weight excluding hydrogens is 373 g/mol. The van der Waals surface area contributed by atoms with Crippen LogP contribution in [-0.4, -0.2) is 22.5 Å². The summed E-state index contributed by atoms with van der Waals surface area (Å²) < 4.78 is 20.9. The van der Waals surface area contributed by atoms with E-state index in [9.17, 15) is 14.0 Å². The summed E-state index contributed by atoms with van der Waals surface area (Å²) in [6.45, 7) is 0. The maximum absolute atomic E-state index is 13.3. The second-order valence-corrected chi connectivity index (χ2v) is 7.76. The molecule has 0 bridgehead atoms. The van der Waals surface area contributed by atoms with E-state index < -0.39 is 11.8 Å². The molecule has 0 saturated heterocycles. The van der Waals surface area contributed by atoms with Gasteiger partial charge in [-0.3, -0.25) is 9.36 Å². The molecule has 1 unspecified atom stereocenters. The van der Waals surface area contributed by atoms with Gasteiger partial charge in [-0.1, -0.05) is 12.1 Å². The van der Waals surface area contributed by atoms with Crippen LogP contribution in [0.4, 0.5) is 10.1 Å². The van der Waals surface area contributed by atoms with Crippen LogP contribution in [0, 0.1) is 5.82 Å². The molecule has 1 aliphatic carbocycles. The SMILES string of the molecule is NC(Cc1cccc(F)c1)C(=O)Nc1ccc2c(c1)cc1n2C2(CCC2)OC1=O. The van der Waals surface area contributed by atoms with Crippen molar-refractivity contribution in [3.63, 3.8) is 0 Å². The molecule has 1 spiro atoms. The minimum Gasteiger partial charge on any atom is -0.434 e. The van der Waals surface area contributed by atoms with Gasteiger partial charge in [0.2, 0.25) is 5.91 Å². The monoisotopic (exact) mass is 393 g/mol. The molecule has 1 aliphatic heterocycles. The van der Waals surface area contributed by atoms with E-state index in [0.29, 0.717) is 16.9 Å². The number of nitrogens with zero attached hydrogens (tertiary/aromatic N) is 1. The van der Waals surface area contributed by atoms with E-state index in [2.05, 4.69) is 5.32 Å². The number of anilines is 1. The maximum atomic E-state index is 13.3. The van der Waals surface area contributed by atoms with Gasteiger partial charge in [-0.2, -0.15) is 0 Å². The lowest BCUT2D eigenvalue weighted by atomic mass is 9.88. The Labute approximate surface area is 166 Å². The van der Waals surface area contributed by atoms with Crippen LogP contribution in [0.2, 0.25) is 0 Å². The van der Waals surface area contributed by atoms with Gasteiger partial charge in [-0.25, -0.2) is 9.18 Å². The lowest BCUT2D eigenvalue weighted by molar-refractivity contribution is -0.117. The first-order chi connectivity index (χ1) is 13.9. The summed E-state index contributed by atoms with van der Waals surface area (Å²) in [7, 11) is 0. The van der Waals surface area contributed by atoms with Gasteiger partial charge in [-0.15, -0.1) is 0 Å². The summed E-state index contributed by atoms with van der Waals surface area (Å²) in [5, 5.41) is 3.67. The third kappa shape index (κ3) is 2.89. The lowest BCUT2D eigenvalue weighted by Crippen LogP contribution is -2.39. The van der Waals surface area contributed by atoms with Crippen LogP contribution in [-0.2, 0) is 21.7 Å². The van der Waals surface area contributed by atoms with Crippen molar-refractivity contribution in [3.8, 4) is 0 Å². The van der Waals surface area contributed by atoms with Crippen molar-refractivity contribution in [2.45, 2.75) is 37.5 Å². The van der Waals surface area contributed by atoms with Crippen molar-refractivity contribution in [3.05, 3.63) is 65.6 Å². The summed E-state index contributed by atoms with van der Waals surface area (Å²) >= 11 is 0. The number of rotatable bonds is 4. The van der Waals surface area contributed by atoms with Crippen LogP contribution in [0.1, 0.15) is 35.3 Å². The average Bonchev–Trinajstić information content (AvgIpc) is 3.17. The number of hydrogen-bond donors (Lipinski definition) is 2. The summed E-state index contributed by atoms with van der Waals surface area (Å²) in [5.41, 5.74) is 8.18. The van der Waals surface area contributed by atoms with Gasteiger partial charge in [0, 0.05) is 23.9 Å². The number of hydrogen-bond acceptors (Lipinski definition) is 4. The topological polar surface area (TPSA) is 86.3 Å². The third-order valence-electron chi connectivity index (χ3n) is 5.78. The molecule has 1 atom stereocenters. The highest BCUT2D eigenvalue weighted by Crippen LogP contribution is 2.48. The van der Waals surface area contributed by atoms with Crippen LogP contribution in [0.15, 0.2) is 48.5 Å². The van der Waals surface area contributed by atoms with Crippen molar-refractivity contribution < 1.29 is 18.7 Å². The predicted molar refractivity (Wildman–Crippen MR) is 106 cm³/mol. The first-order valence-electron chi connectivity index (χ1n) is 9.65. The Bertz CT molecular complexity index is 1150. The van der Waals surface area contributed by atoms with Gasteiger partial charge >= 0.3 is 5.97 Å². The zero-order chi connectivity index (χ0) is 20.2. The van der Waals surface area contributed by atoms with Gasteiger partial charge in [0.1, 0.15) is 11.5 Å². The fraction of sp³-hybridized carbons (Fsp3) is 0.273. The molecule has 7 heteroatoms. The van der Waals surface area contributed by atoms with E-state index in [1.807, 2.05) is 16.7 Å². The molecule has 2 heterocycles. The largest absolute Gasteiger partial charge is 0.434 e. The minimum atomic E-state index is -0.806. The van der Waals surface area contributed by atoms with E-state index in [4.69, 9.17) is 10.5 Å². The first-order valence-corrected chi connectivity index (χ1v) is 9.65. The third-order valence-corrected chi connectivity index (χ3v) is 5.78. The number of ether oxygens (including phenoxy) is 1. The molecule has 3 aromatic rings. The van der Waals surface area contributed by atoms with Crippen molar-refractivity contribution in [2.24, 2.45) is 5.73 Å². The van der Waals surface area contributed by atoms with Crippen LogP contribution in [0.25, 0.3) is 10.9 Å². The molecule has 2 aromatic carbocycles. The average molecular weight is 393 g/mol. The Balaban J connectivity index is 1.36. The second kappa shape index (κ2) is 6.42. The highest BCUT2D eigenvalue weighted by atomic mass is 19.1. The standard InChI is InChI=1S/C22H20FN3O3/c23-15-4-1-3-13(9-15)10-17(24)20(27)25-16-5-6-18-14(11-16)12-19-21(28)29-22(26(18)19)7-2-8-22/h1,3-6,9,11-12,17H,2,7-8,10,24H2,(H,25,27). The Morgan fingerprint density at radius 3 is 2.79 bits per heavy atom. The number of fused-ring (bicyclic) bond motifs is 4. The lowest BCUT2D eigenvalue weighted by Gasteiger charge is -2.38. The number of amides is 1. The van der Waals surface area contributed by atoms with E-state index in [1.165, 1.54) is 12.1 Å². The van der Waals surface area contributed by atoms with Gasteiger partial charge in [0.05, 0.1) is 11.6 Å². The van der Waals surface area contributed by atoms with Gasteiger partial charge < -0.3 is 15.8 Å². The summed E-state index contributed by atoms with van der Waals surface area (Å²) in [6, 6.07) is 12.5. The number of esters is 1. The Morgan fingerprint density at radius 1 is 1.24 bits per heavy atom.